The lowest BCUT2D eigenvalue weighted by Crippen LogP contribution is -2.50. The van der Waals surface area contributed by atoms with E-state index in [1.807, 2.05) is 0 Å². The predicted molar refractivity (Wildman–Crippen MR) is 90.5 cm³/mol. The molecule has 10 heteroatoms. The molecule has 26 heavy (non-hydrogen) atoms. The molecule has 1 aromatic carbocycles. The first kappa shape index (κ1) is 18.2. The van der Waals surface area contributed by atoms with Crippen molar-refractivity contribution in [3.8, 4) is 0 Å². The van der Waals surface area contributed by atoms with Gasteiger partial charge in [-0.05, 0) is 18.2 Å². The van der Waals surface area contributed by atoms with Gasteiger partial charge in [0.15, 0.2) is 0 Å². The summed E-state index contributed by atoms with van der Waals surface area (Å²) in [6.07, 6.45) is 0. The number of sulfonamides is 1. The highest BCUT2D eigenvalue weighted by atomic mass is 32.2. The molecule has 1 saturated heterocycles. The molecule has 3 rings (SSSR count). The van der Waals surface area contributed by atoms with Crippen molar-refractivity contribution in [2.24, 2.45) is 7.05 Å². The van der Waals surface area contributed by atoms with Gasteiger partial charge >= 0.3 is 0 Å². The van der Waals surface area contributed by atoms with Crippen LogP contribution < -0.4 is 5.56 Å². The summed E-state index contributed by atoms with van der Waals surface area (Å²) in [5.41, 5.74) is -0.222. The number of aromatic nitrogens is 2. The maximum absolute atomic E-state index is 13.8. The largest absolute Gasteiger partial charge is 0.335 e. The number of carbonyl (C=O) groups excluding carboxylic acids is 1. The van der Waals surface area contributed by atoms with Crippen LogP contribution >= 0.6 is 0 Å². The Bertz CT molecular complexity index is 997. The fraction of sp³-hybridized carbons (Fsp3) is 0.312. The molecule has 0 atom stereocenters. The number of halogens is 1. The SMILES string of the molecule is Cn1nc(C(=O)N2CCN(S(=O)(=O)c3ccccc3F)CC2)ccc1=O. The monoisotopic (exact) mass is 380 g/mol. The molecule has 0 bridgehead atoms. The second-order valence-electron chi connectivity index (χ2n) is 5.81. The Morgan fingerprint density at radius 1 is 1.08 bits per heavy atom. The van der Waals surface area contributed by atoms with Crippen molar-refractivity contribution in [3.63, 3.8) is 0 Å². The Morgan fingerprint density at radius 3 is 2.35 bits per heavy atom. The van der Waals surface area contributed by atoms with Crippen molar-refractivity contribution in [1.29, 1.82) is 0 Å². The van der Waals surface area contributed by atoms with Gasteiger partial charge in [0.1, 0.15) is 16.4 Å². The molecular formula is C16H17FN4O4S. The minimum atomic E-state index is -3.96. The van der Waals surface area contributed by atoms with Crippen molar-refractivity contribution in [2.45, 2.75) is 4.90 Å². The first-order chi connectivity index (χ1) is 12.3. The van der Waals surface area contributed by atoms with Crippen molar-refractivity contribution < 1.29 is 17.6 Å². The van der Waals surface area contributed by atoms with Gasteiger partial charge in [-0.15, -0.1) is 0 Å². The maximum Gasteiger partial charge on any atom is 0.274 e. The quantitative estimate of drug-likeness (QED) is 0.751. The third kappa shape index (κ3) is 3.37. The van der Waals surface area contributed by atoms with Crippen molar-refractivity contribution in [2.75, 3.05) is 26.2 Å². The third-order valence-electron chi connectivity index (χ3n) is 4.16. The van der Waals surface area contributed by atoms with Gasteiger partial charge in [-0.1, -0.05) is 12.1 Å². The first-order valence-electron chi connectivity index (χ1n) is 7.89. The van der Waals surface area contributed by atoms with Crippen molar-refractivity contribution in [3.05, 3.63) is 58.3 Å². The summed E-state index contributed by atoms with van der Waals surface area (Å²) in [5.74, 6) is -1.19. The van der Waals surface area contributed by atoms with Crippen LogP contribution in [0.15, 0.2) is 46.1 Å². The number of benzene rings is 1. The normalized spacial score (nSPS) is 15.8. The number of amides is 1. The van der Waals surface area contributed by atoms with Gasteiger partial charge in [-0.3, -0.25) is 9.59 Å². The summed E-state index contributed by atoms with van der Waals surface area (Å²) >= 11 is 0. The number of aryl methyl sites for hydroxylation is 1. The number of nitrogens with zero attached hydrogens (tertiary/aromatic N) is 4. The topological polar surface area (TPSA) is 92.6 Å². The molecule has 8 nitrogen and oxygen atoms in total. The van der Waals surface area contributed by atoms with Gasteiger partial charge in [-0.25, -0.2) is 17.5 Å². The Labute approximate surface area is 149 Å². The molecular weight excluding hydrogens is 363 g/mol. The van der Waals surface area contributed by atoms with Gasteiger partial charge < -0.3 is 4.90 Å². The Morgan fingerprint density at radius 2 is 1.73 bits per heavy atom. The summed E-state index contributed by atoms with van der Waals surface area (Å²) in [7, 11) is -2.52. The van der Waals surface area contributed by atoms with Crippen LogP contribution in [0.2, 0.25) is 0 Å². The van der Waals surface area contributed by atoms with Crippen LogP contribution in [0.25, 0.3) is 0 Å². The summed E-state index contributed by atoms with van der Waals surface area (Å²) < 4.78 is 41.2. The molecule has 0 spiro atoms. The van der Waals surface area contributed by atoms with E-state index in [0.717, 1.165) is 15.1 Å². The molecule has 0 saturated carbocycles. The van der Waals surface area contributed by atoms with Crippen LogP contribution in [0.5, 0.6) is 0 Å². The molecule has 0 aliphatic carbocycles. The number of hydrogen-bond acceptors (Lipinski definition) is 5. The van der Waals surface area contributed by atoms with Crippen LogP contribution in [0, 0.1) is 5.82 Å². The van der Waals surface area contributed by atoms with Crippen LogP contribution in [0.1, 0.15) is 10.5 Å². The zero-order valence-electron chi connectivity index (χ0n) is 14.0. The van der Waals surface area contributed by atoms with Gasteiger partial charge in [0.2, 0.25) is 10.0 Å². The first-order valence-corrected chi connectivity index (χ1v) is 9.33. The molecule has 0 unspecified atom stereocenters. The number of hydrogen-bond donors (Lipinski definition) is 0. The van der Waals surface area contributed by atoms with E-state index in [-0.39, 0.29) is 48.2 Å². The highest BCUT2D eigenvalue weighted by molar-refractivity contribution is 7.89. The standard InChI is InChI=1S/C16H17FN4O4S/c1-19-15(22)7-6-13(18-19)16(23)20-8-10-21(11-9-20)26(24,25)14-5-3-2-4-12(14)17/h2-7H,8-11H2,1H3. The van der Waals surface area contributed by atoms with E-state index in [0.29, 0.717) is 0 Å². The van der Waals surface area contributed by atoms with Crippen LogP contribution in [-0.4, -0.2) is 59.5 Å². The number of carbonyl (C=O) groups is 1. The molecule has 2 aromatic rings. The molecule has 0 N–H and O–H groups in total. The average molecular weight is 380 g/mol. The Balaban J connectivity index is 1.73. The molecule has 1 amide bonds. The lowest BCUT2D eigenvalue weighted by molar-refractivity contribution is 0.0689. The van der Waals surface area contributed by atoms with E-state index < -0.39 is 15.8 Å². The second kappa shape index (κ2) is 6.96. The summed E-state index contributed by atoms with van der Waals surface area (Å²) in [6, 6.07) is 7.78. The molecule has 1 aliphatic heterocycles. The predicted octanol–water partition coefficient (Wildman–Crippen LogP) is 0.0661. The Kier molecular flexibility index (Phi) is 4.88. The fourth-order valence-electron chi connectivity index (χ4n) is 2.70. The third-order valence-corrected chi connectivity index (χ3v) is 6.09. The van der Waals surface area contributed by atoms with E-state index in [1.54, 1.807) is 0 Å². The van der Waals surface area contributed by atoms with E-state index in [9.17, 15) is 22.4 Å². The fourth-order valence-corrected chi connectivity index (χ4v) is 4.19. The van der Waals surface area contributed by atoms with E-state index in [4.69, 9.17) is 0 Å². The molecule has 1 fully saturated rings. The Hall–Kier alpha value is -2.59. The van der Waals surface area contributed by atoms with Crippen LogP contribution in [0.4, 0.5) is 4.39 Å². The van der Waals surface area contributed by atoms with Gasteiger partial charge in [-0.2, -0.15) is 9.40 Å². The molecule has 1 aromatic heterocycles. The number of piperazine rings is 1. The summed E-state index contributed by atoms with van der Waals surface area (Å²) in [4.78, 5) is 24.9. The van der Waals surface area contributed by atoms with Gasteiger partial charge in [0.25, 0.3) is 11.5 Å². The van der Waals surface area contributed by atoms with Crippen LogP contribution in [-0.2, 0) is 17.1 Å². The minimum absolute atomic E-state index is 0.0498. The van der Waals surface area contributed by atoms with Gasteiger partial charge in [0, 0.05) is 39.3 Å². The zero-order valence-corrected chi connectivity index (χ0v) is 14.8. The van der Waals surface area contributed by atoms with Crippen LogP contribution in [0.3, 0.4) is 0 Å². The maximum atomic E-state index is 13.8. The van der Waals surface area contributed by atoms with E-state index >= 15 is 0 Å². The highest BCUT2D eigenvalue weighted by Gasteiger charge is 2.32. The van der Waals surface area contributed by atoms with E-state index in [2.05, 4.69) is 5.10 Å². The summed E-state index contributed by atoms with van der Waals surface area (Å²) in [5, 5.41) is 3.91. The lowest BCUT2D eigenvalue weighted by Gasteiger charge is -2.33. The average Bonchev–Trinajstić information content (AvgIpc) is 2.63. The highest BCUT2D eigenvalue weighted by Crippen LogP contribution is 2.20. The summed E-state index contributed by atoms with van der Waals surface area (Å²) in [6.45, 7) is 0.399. The van der Waals surface area contributed by atoms with Gasteiger partial charge in [0.05, 0.1) is 0 Å². The molecule has 1 aliphatic rings. The lowest BCUT2D eigenvalue weighted by atomic mass is 10.3. The zero-order chi connectivity index (χ0) is 18.9. The smallest absolute Gasteiger partial charge is 0.274 e. The molecule has 2 heterocycles. The van der Waals surface area contributed by atoms with Crippen molar-refractivity contribution >= 4 is 15.9 Å². The minimum Gasteiger partial charge on any atom is -0.335 e. The number of rotatable bonds is 3. The van der Waals surface area contributed by atoms with Crippen molar-refractivity contribution in [1.82, 2.24) is 19.0 Å². The molecule has 0 radical (unpaired) electrons. The van der Waals surface area contributed by atoms with E-state index in [1.165, 1.54) is 42.3 Å². The molecule has 138 valence electrons. The second-order valence-corrected chi connectivity index (χ2v) is 7.71.